The maximum Gasteiger partial charge on any atom is 0.323 e. The molecule has 1 aromatic heterocycles. The van der Waals surface area contributed by atoms with Crippen molar-refractivity contribution in [1.29, 1.82) is 0 Å². The Hall–Kier alpha value is -1.80. The molecule has 0 aromatic carbocycles. The molecular formula is C13H15NO3S. The Kier molecular flexibility index (Phi) is 4.93. The molecular weight excluding hydrogens is 250 g/mol. The summed E-state index contributed by atoms with van der Waals surface area (Å²) in [6.45, 7) is 3.59. The minimum atomic E-state index is -1.07. The van der Waals surface area contributed by atoms with Crippen LogP contribution in [0.15, 0.2) is 6.07 Å². The number of hydrogen-bond acceptors (Lipinski definition) is 3. The second kappa shape index (κ2) is 6.22. The third kappa shape index (κ3) is 3.34. The van der Waals surface area contributed by atoms with E-state index in [0.717, 1.165) is 21.8 Å². The smallest absolute Gasteiger partial charge is 0.323 e. The molecule has 0 aliphatic rings. The van der Waals surface area contributed by atoms with E-state index in [-0.39, 0.29) is 19.0 Å². The number of thiophene rings is 1. The van der Waals surface area contributed by atoms with Gasteiger partial charge in [-0.25, -0.2) is 0 Å². The lowest BCUT2D eigenvalue weighted by Crippen LogP contribution is -2.35. The van der Waals surface area contributed by atoms with E-state index < -0.39 is 5.97 Å². The minimum Gasteiger partial charge on any atom is -0.480 e. The normalized spacial score (nSPS) is 9.83. The van der Waals surface area contributed by atoms with E-state index in [1.165, 1.54) is 11.3 Å². The summed E-state index contributed by atoms with van der Waals surface area (Å²) in [6.07, 6.45) is 6.01. The van der Waals surface area contributed by atoms with Crippen LogP contribution in [0.25, 0.3) is 0 Å². The molecule has 1 N–H and O–H groups in total. The predicted molar refractivity (Wildman–Crippen MR) is 70.8 cm³/mol. The molecule has 4 nitrogen and oxygen atoms in total. The molecule has 0 radical (unpaired) electrons. The topological polar surface area (TPSA) is 57.6 Å². The summed E-state index contributed by atoms with van der Waals surface area (Å²) in [5.74, 6) is 0.922. The summed E-state index contributed by atoms with van der Waals surface area (Å²) in [4.78, 5) is 25.7. The van der Waals surface area contributed by atoms with Crippen molar-refractivity contribution in [3.8, 4) is 12.3 Å². The zero-order chi connectivity index (χ0) is 13.7. The Bertz CT molecular complexity index is 499. The SMILES string of the molecule is C#CCN(CC(=O)O)C(=O)c1cc(C)c(CC)s1. The maximum absolute atomic E-state index is 12.1. The Balaban J connectivity index is 2.94. The minimum absolute atomic E-state index is 0.00351. The van der Waals surface area contributed by atoms with Gasteiger partial charge in [0.2, 0.25) is 0 Å². The van der Waals surface area contributed by atoms with E-state index in [0.29, 0.717) is 4.88 Å². The van der Waals surface area contributed by atoms with Gasteiger partial charge in [-0.05, 0) is 25.0 Å². The first-order chi connectivity index (χ1) is 8.49. The fraction of sp³-hybridized carbons (Fsp3) is 0.385. The number of carboxylic acid groups (broad SMARTS) is 1. The van der Waals surface area contributed by atoms with E-state index in [2.05, 4.69) is 5.92 Å². The number of terminal acetylenes is 1. The summed E-state index contributed by atoms with van der Waals surface area (Å²) >= 11 is 1.40. The highest BCUT2D eigenvalue weighted by Gasteiger charge is 2.20. The second-order valence-electron chi connectivity index (χ2n) is 3.83. The molecule has 96 valence electrons. The Labute approximate surface area is 110 Å². The van der Waals surface area contributed by atoms with Crippen molar-refractivity contribution in [3.05, 3.63) is 21.4 Å². The Morgan fingerprint density at radius 1 is 1.56 bits per heavy atom. The van der Waals surface area contributed by atoms with Crippen molar-refractivity contribution >= 4 is 23.2 Å². The molecule has 0 unspecified atom stereocenters. The van der Waals surface area contributed by atoms with Gasteiger partial charge in [0.1, 0.15) is 6.54 Å². The number of hydrogen-bond donors (Lipinski definition) is 1. The van der Waals surface area contributed by atoms with Crippen LogP contribution in [0.2, 0.25) is 0 Å². The number of carbonyl (C=O) groups is 2. The first-order valence-corrected chi connectivity index (χ1v) is 6.35. The average Bonchev–Trinajstić information content (AvgIpc) is 2.68. The van der Waals surface area contributed by atoms with Crippen LogP contribution in [0.3, 0.4) is 0 Å². The first-order valence-electron chi connectivity index (χ1n) is 5.53. The van der Waals surface area contributed by atoms with Gasteiger partial charge in [0.15, 0.2) is 0 Å². The molecule has 1 rings (SSSR count). The number of carbonyl (C=O) groups excluding carboxylic acids is 1. The van der Waals surface area contributed by atoms with Crippen molar-refractivity contribution in [3.63, 3.8) is 0 Å². The monoisotopic (exact) mass is 265 g/mol. The standard InChI is InChI=1S/C13H15NO3S/c1-4-6-14(8-12(15)16)13(17)11-7-9(3)10(5-2)18-11/h1,7H,5-6,8H2,2-3H3,(H,15,16). The molecule has 0 aliphatic heterocycles. The van der Waals surface area contributed by atoms with Gasteiger partial charge in [-0.2, -0.15) is 0 Å². The highest BCUT2D eigenvalue weighted by atomic mass is 32.1. The summed E-state index contributed by atoms with van der Waals surface area (Å²) in [5.41, 5.74) is 1.06. The summed E-state index contributed by atoms with van der Waals surface area (Å²) in [6, 6.07) is 1.79. The average molecular weight is 265 g/mol. The Morgan fingerprint density at radius 2 is 2.22 bits per heavy atom. The fourth-order valence-corrected chi connectivity index (χ4v) is 2.69. The largest absolute Gasteiger partial charge is 0.480 e. The molecule has 0 atom stereocenters. The third-order valence-corrected chi connectivity index (χ3v) is 3.82. The summed E-state index contributed by atoms with van der Waals surface area (Å²) in [7, 11) is 0. The maximum atomic E-state index is 12.1. The molecule has 1 aromatic rings. The number of amides is 1. The van der Waals surface area contributed by atoms with E-state index >= 15 is 0 Å². The van der Waals surface area contributed by atoms with Crippen molar-refractivity contribution in [2.45, 2.75) is 20.3 Å². The van der Waals surface area contributed by atoms with Crippen LogP contribution in [-0.2, 0) is 11.2 Å². The predicted octanol–water partition coefficient (Wildman–Crippen LogP) is 1.78. The van der Waals surface area contributed by atoms with Crippen molar-refractivity contribution in [2.24, 2.45) is 0 Å². The lowest BCUT2D eigenvalue weighted by molar-refractivity contribution is -0.137. The van der Waals surface area contributed by atoms with Crippen molar-refractivity contribution in [1.82, 2.24) is 4.90 Å². The van der Waals surface area contributed by atoms with Gasteiger partial charge in [-0.15, -0.1) is 17.8 Å². The number of carboxylic acids is 1. The number of aliphatic carboxylic acids is 1. The Morgan fingerprint density at radius 3 is 2.67 bits per heavy atom. The van der Waals surface area contributed by atoms with Gasteiger partial charge in [0.25, 0.3) is 5.91 Å². The van der Waals surface area contributed by atoms with Crippen LogP contribution < -0.4 is 0 Å². The van der Waals surface area contributed by atoms with Gasteiger partial charge in [-0.1, -0.05) is 12.8 Å². The molecule has 0 saturated heterocycles. The molecule has 1 heterocycles. The van der Waals surface area contributed by atoms with Gasteiger partial charge in [-0.3, -0.25) is 9.59 Å². The summed E-state index contributed by atoms with van der Waals surface area (Å²) < 4.78 is 0. The molecule has 18 heavy (non-hydrogen) atoms. The second-order valence-corrected chi connectivity index (χ2v) is 4.97. The number of nitrogens with zero attached hydrogens (tertiary/aromatic N) is 1. The van der Waals surface area contributed by atoms with Crippen LogP contribution in [-0.4, -0.2) is 35.0 Å². The highest BCUT2D eigenvalue weighted by molar-refractivity contribution is 7.14. The zero-order valence-corrected chi connectivity index (χ0v) is 11.2. The van der Waals surface area contributed by atoms with E-state index in [1.807, 2.05) is 13.8 Å². The van der Waals surface area contributed by atoms with Gasteiger partial charge in [0, 0.05) is 4.88 Å². The molecule has 0 spiro atoms. The van der Waals surface area contributed by atoms with Gasteiger partial charge < -0.3 is 10.0 Å². The highest BCUT2D eigenvalue weighted by Crippen LogP contribution is 2.23. The van der Waals surface area contributed by atoms with Crippen molar-refractivity contribution in [2.75, 3.05) is 13.1 Å². The lowest BCUT2D eigenvalue weighted by atomic mass is 10.2. The van der Waals surface area contributed by atoms with E-state index in [1.54, 1.807) is 6.07 Å². The van der Waals surface area contributed by atoms with Crippen molar-refractivity contribution < 1.29 is 14.7 Å². The van der Waals surface area contributed by atoms with Crippen LogP contribution in [0, 0.1) is 19.3 Å². The van der Waals surface area contributed by atoms with Crippen LogP contribution in [0.1, 0.15) is 27.0 Å². The lowest BCUT2D eigenvalue weighted by Gasteiger charge is -2.16. The van der Waals surface area contributed by atoms with Crippen LogP contribution in [0.4, 0.5) is 0 Å². The quantitative estimate of drug-likeness (QED) is 0.826. The van der Waals surface area contributed by atoms with Crippen LogP contribution in [0.5, 0.6) is 0 Å². The number of aryl methyl sites for hydroxylation is 2. The first kappa shape index (κ1) is 14.3. The molecule has 0 fully saturated rings. The van der Waals surface area contributed by atoms with E-state index in [4.69, 9.17) is 11.5 Å². The molecule has 0 aliphatic carbocycles. The zero-order valence-electron chi connectivity index (χ0n) is 10.4. The fourth-order valence-electron chi connectivity index (χ4n) is 1.61. The molecule has 5 heteroatoms. The van der Waals surface area contributed by atoms with Gasteiger partial charge >= 0.3 is 5.97 Å². The molecule has 0 saturated carbocycles. The molecule has 1 amide bonds. The number of rotatable bonds is 5. The summed E-state index contributed by atoms with van der Waals surface area (Å²) in [5, 5.41) is 8.75. The van der Waals surface area contributed by atoms with E-state index in [9.17, 15) is 9.59 Å². The van der Waals surface area contributed by atoms with Crippen LogP contribution >= 0.6 is 11.3 Å². The molecule has 0 bridgehead atoms. The van der Waals surface area contributed by atoms with Gasteiger partial charge in [0.05, 0.1) is 11.4 Å². The third-order valence-electron chi connectivity index (χ3n) is 2.45.